The van der Waals surface area contributed by atoms with E-state index < -0.39 is 17.7 Å². The first kappa shape index (κ1) is 26.5. The molecule has 8 heteroatoms. The Morgan fingerprint density at radius 3 is 2.59 bits per heavy atom. The van der Waals surface area contributed by atoms with Crippen LogP contribution in [0.1, 0.15) is 49.9 Å². The predicted molar refractivity (Wildman–Crippen MR) is 139 cm³/mol. The number of aliphatic hydroxyl groups excluding tert-OH is 1. The highest BCUT2D eigenvalue weighted by Gasteiger charge is 2.46. The second-order valence-corrected chi connectivity index (χ2v) is 9.88. The second-order valence-electron chi connectivity index (χ2n) is 9.88. The summed E-state index contributed by atoms with van der Waals surface area (Å²) in [6.45, 7) is 7.20. The number of hydrogen-bond acceptors (Lipinski definition) is 7. The van der Waals surface area contributed by atoms with Crippen molar-refractivity contribution in [2.24, 2.45) is 5.92 Å². The van der Waals surface area contributed by atoms with Crippen LogP contribution in [0.2, 0.25) is 0 Å². The number of ether oxygens (including phenoxy) is 4. The van der Waals surface area contributed by atoms with Gasteiger partial charge in [-0.25, -0.2) is 0 Å². The molecule has 1 N–H and O–H groups in total. The van der Waals surface area contributed by atoms with Crippen LogP contribution in [0.25, 0.3) is 5.76 Å². The maximum Gasteiger partial charge on any atom is 0.295 e. The topological polar surface area (TPSA) is 94.5 Å². The molecule has 0 saturated carbocycles. The number of aliphatic hydroxyl groups is 1. The summed E-state index contributed by atoms with van der Waals surface area (Å²) >= 11 is 0. The first-order chi connectivity index (χ1) is 17.7. The molecule has 2 aromatic rings. The molecule has 0 radical (unpaired) electrons. The van der Waals surface area contributed by atoms with Crippen LogP contribution < -0.4 is 14.2 Å². The lowest BCUT2D eigenvalue weighted by atomic mass is 9.94. The molecule has 198 valence electrons. The van der Waals surface area contributed by atoms with Gasteiger partial charge in [-0.3, -0.25) is 9.59 Å². The van der Waals surface area contributed by atoms with Gasteiger partial charge in [0.25, 0.3) is 11.7 Å². The lowest BCUT2D eigenvalue weighted by molar-refractivity contribution is -0.140. The molecule has 1 saturated heterocycles. The number of ketones is 1. The standard InChI is InChI=1S/C29H35NO7/c1-17(2)10-12-36-23-9-6-19(16-24(23)35-5)26-25(28(32)29(33)30(26)11-13-34-4)27(31)20-7-8-22-21(15-20)14-18(3)37-22/h6-9,15-18,26,31H,10-14H2,1-5H3/t18-,26+/m0/s1. The van der Waals surface area contributed by atoms with Gasteiger partial charge in [-0.15, -0.1) is 0 Å². The molecule has 37 heavy (non-hydrogen) atoms. The van der Waals surface area contributed by atoms with Crippen molar-refractivity contribution in [1.29, 1.82) is 0 Å². The molecule has 4 rings (SSSR count). The van der Waals surface area contributed by atoms with E-state index in [0.717, 1.165) is 17.7 Å². The van der Waals surface area contributed by atoms with Gasteiger partial charge in [-0.1, -0.05) is 19.9 Å². The number of carbonyl (C=O) groups is 2. The fraction of sp³-hybridized carbons (Fsp3) is 0.448. The Morgan fingerprint density at radius 1 is 1.11 bits per heavy atom. The number of fused-ring (bicyclic) bond motifs is 1. The third-order valence-corrected chi connectivity index (χ3v) is 6.70. The number of benzene rings is 2. The molecular weight excluding hydrogens is 474 g/mol. The average Bonchev–Trinajstić information content (AvgIpc) is 3.37. The first-order valence-electron chi connectivity index (χ1n) is 12.6. The Hall–Kier alpha value is -3.52. The third kappa shape index (κ3) is 5.44. The Labute approximate surface area is 217 Å². The number of likely N-dealkylation sites (tertiary alicyclic amines) is 1. The minimum Gasteiger partial charge on any atom is -0.507 e. The van der Waals surface area contributed by atoms with E-state index in [2.05, 4.69) is 13.8 Å². The number of hydrogen-bond donors (Lipinski definition) is 1. The average molecular weight is 510 g/mol. The maximum absolute atomic E-state index is 13.3. The molecular formula is C29H35NO7. The van der Waals surface area contributed by atoms with E-state index in [0.29, 0.717) is 41.6 Å². The van der Waals surface area contributed by atoms with Gasteiger partial charge in [0.2, 0.25) is 0 Å². The molecule has 0 unspecified atom stereocenters. The summed E-state index contributed by atoms with van der Waals surface area (Å²) < 4.78 is 22.5. The molecule has 1 fully saturated rings. The Bertz CT molecular complexity index is 1200. The second kappa shape index (κ2) is 11.3. The predicted octanol–water partition coefficient (Wildman–Crippen LogP) is 4.51. The summed E-state index contributed by atoms with van der Waals surface area (Å²) in [6, 6.07) is 9.84. The molecule has 0 spiro atoms. The van der Waals surface area contributed by atoms with Crippen LogP contribution in [0.4, 0.5) is 0 Å². The largest absolute Gasteiger partial charge is 0.507 e. The molecule has 0 aromatic heterocycles. The van der Waals surface area contributed by atoms with E-state index in [1.54, 1.807) is 37.4 Å². The molecule has 2 aliphatic rings. The summed E-state index contributed by atoms with van der Waals surface area (Å²) in [5.41, 5.74) is 2.07. The minimum absolute atomic E-state index is 0.0311. The highest BCUT2D eigenvalue weighted by Crippen LogP contribution is 2.42. The van der Waals surface area contributed by atoms with Crippen molar-refractivity contribution < 1.29 is 33.6 Å². The van der Waals surface area contributed by atoms with E-state index in [1.165, 1.54) is 12.0 Å². The number of rotatable bonds is 10. The van der Waals surface area contributed by atoms with Crippen LogP contribution in [0.5, 0.6) is 17.2 Å². The van der Waals surface area contributed by atoms with Crippen molar-refractivity contribution >= 4 is 17.4 Å². The highest BCUT2D eigenvalue weighted by molar-refractivity contribution is 6.46. The van der Waals surface area contributed by atoms with Crippen molar-refractivity contribution in [3.63, 3.8) is 0 Å². The number of amides is 1. The normalized spacial score (nSPS) is 20.3. The minimum atomic E-state index is -0.808. The molecule has 0 bridgehead atoms. The van der Waals surface area contributed by atoms with Gasteiger partial charge in [0.1, 0.15) is 17.6 Å². The number of Topliss-reactive ketones (excluding diaryl/α,β-unsaturated/α-hetero) is 1. The van der Waals surface area contributed by atoms with Crippen molar-refractivity contribution in [3.05, 3.63) is 58.7 Å². The Morgan fingerprint density at radius 2 is 1.89 bits per heavy atom. The van der Waals surface area contributed by atoms with E-state index in [1.807, 2.05) is 13.0 Å². The first-order valence-corrected chi connectivity index (χ1v) is 12.6. The van der Waals surface area contributed by atoms with Crippen LogP contribution in [-0.4, -0.2) is 61.8 Å². The summed E-state index contributed by atoms with van der Waals surface area (Å²) in [4.78, 5) is 27.8. The lowest BCUT2D eigenvalue weighted by Crippen LogP contribution is -2.32. The molecule has 1 amide bonds. The van der Waals surface area contributed by atoms with Crippen molar-refractivity contribution in [2.45, 2.75) is 45.8 Å². The fourth-order valence-electron chi connectivity index (χ4n) is 4.75. The van der Waals surface area contributed by atoms with Gasteiger partial charge >= 0.3 is 0 Å². The van der Waals surface area contributed by atoms with Gasteiger partial charge in [-0.05, 0) is 60.7 Å². The van der Waals surface area contributed by atoms with Gasteiger partial charge in [0.05, 0.1) is 31.9 Å². The molecule has 2 aromatic carbocycles. The third-order valence-electron chi connectivity index (χ3n) is 6.70. The van der Waals surface area contributed by atoms with E-state index >= 15 is 0 Å². The Balaban J connectivity index is 1.76. The molecule has 2 heterocycles. The number of methoxy groups -OCH3 is 2. The van der Waals surface area contributed by atoms with Crippen LogP contribution >= 0.6 is 0 Å². The summed E-state index contributed by atoms with van der Waals surface area (Å²) in [5.74, 6) is 0.689. The molecule has 2 atom stereocenters. The number of nitrogens with zero attached hydrogens (tertiary/aromatic N) is 1. The zero-order valence-corrected chi connectivity index (χ0v) is 22.1. The fourth-order valence-corrected chi connectivity index (χ4v) is 4.75. The molecule has 2 aliphatic heterocycles. The smallest absolute Gasteiger partial charge is 0.295 e. The van der Waals surface area contributed by atoms with E-state index in [-0.39, 0.29) is 30.6 Å². The lowest BCUT2D eigenvalue weighted by Gasteiger charge is -2.25. The Kier molecular flexibility index (Phi) is 8.07. The van der Waals surface area contributed by atoms with Crippen LogP contribution in [0.15, 0.2) is 42.0 Å². The summed E-state index contributed by atoms with van der Waals surface area (Å²) in [6.07, 6.45) is 1.64. The molecule has 8 nitrogen and oxygen atoms in total. The van der Waals surface area contributed by atoms with Crippen molar-refractivity contribution in [2.75, 3.05) is 34.0 Å². The van der Waals surface area contributed by atoms with Crippen LogP contribution in [0, 0.1) is 5.92 Å². The maximum atomic E-state index is 13.3. The van der Waals surface area contributed by atoms with Crippen LogP contribution in [-0.2, 0) is 20.7 Å². The SMILES string of the molecule is COCCN1C(=O)C(=O)C(=C(O)c2ccc3c(c2)C[C@H](C)O3)[C@H]1c1ccc(OCCC(C)C)c(OC)c1. The van der Waals surface area contributed by atoms with Gasteiger partial charge < -0.3 is 29.0 Å². The van der Waals surface area contributed by atoms with E-state index in [4.69, 9.17) is 18.9 Å². The van der Waals surface area contributed by atoms with Crippen molar-refractivity contribution in [1.82, 2.24) is 4.90 Å². The zero-order valence-electron chi connectivity index (χ0n) is 22.1. The number of carbonyl (C=O) groups excluding carboxylic acids is 2. The quantitative estimate of drug-likeness (QED) is 0.286. The van der Waals surface area contributed by atoms with Gasteiger partial charge in [0, 0.05) is 25.6 Å². The highest BCUT2D eigenvalue weighted by atomic mass is 16.5. The van der Waals surface area contributed by atoms with Gasteiger partial charge in [-0.2, -0.15) is 0 Å². The summed E-state index contributed by atoms with van der Waals surface area (Å²) in [7, 11) is 3.08. The van der Waals surface area contributed by atoms with Crippen molar-refractivity contribution in [3.8, 4) is 17.2 Å². The molecule has 0 aliphatic carbocycles. The van der Waals surface area contributed by atoms with E-state index in [9.17, 15) is 14.7 Å². The monoisotopic (exact) mass is 509 g/mol. The van der Waals surface area contributed by atoms with Gasteiger partial charge in [0.15, 0.2) is 11.5 Å². The zero-order chi connectivity index (χ0) is 26.7. The summed E-state index contributed by atoms with van der Waals surface area (Å²) in [5, 5.41) is 11.4. The van der Waals surface area contributed by atoms with Crippen LogP contribution in [0.3, 0.4) is 0 Å².